The number of nitriles is 1. The van der Waals surface area contributed by atoms with Crippen molar-refractivity contribution < 1.29 is 9.47 Å². The first kappa shape index (κ1) is 20.7. The molecule has 0 radical (unpaired) electrons. The zero-order chi connectivity index (χ0) is 20.9. The molecular weight excluding hydrogens is 382 g/mol. The van der Waals surface area contributed by atoms with E-state index in [-0.39, 0.29) is 5.41 Å². The molecule has 6 heteroatoms. The standard InChI is InChI=1S/C23H23N3O2S/c1-23(2,3)20-13-21(28-19-12-8-7-11-18(19)27-4)26-22(25-20)29-15-17-10-6-5-9-16(17)14-24/h5-13H,15H2,1-4H3. The van der Waals surface area contributed by atoms with Crippen LogP contribution in [0, 0.1) is 11.3 Å². The summed E-state index contributed by atoms with van der Waals surface area (Å²) in [7, 11) is 1.61. The van der Waals surface area contributed by atoms with Gasteiger partial charge < -0.3 is 9.47 Å². The Hall–Kier alpha value is -3.04. The molecule has 0 saturated heterocycles. The molecule has 5 nitrogen and oxygen atoms in total. The van der Waals surface area contributed by atoms with Gasteiger partial charge in [-0.1, -0.05) is 62.9 Å². The summed E-state index contributed by atoms with van der Waals surface area (Å²) in [5.41, 5.74) is 2.34. The molecule has 0 amide bonds. The molecule has 0 unspecified atom stereocenters. The maximum atomic E-state index is 9.30. The highest BCUT2D eigenvalue weighted by atomic mass is 32.2. The van der Waals surface area contributed by atoms with E-state index < -0.39 is 0 Å². The summed E-state index contributed by atoms with van der Waals surface area (Å²) in [6.07, 6.45) is 0. The Morgan fingerprint density at radius 2 is 1.69 bits per heavy atom. The molecule has 0 aliphatic rings. The second-order valence-electron chi connectivity index (χ2n) is 7.43. The average Bonchev–Trinajstić information content (AvgIpc) is 2.72. The third-order valence-electron chi connectivity index (χ3n) is 4.23. The summed E-state index contributed by atoms with van der Waals surface area (Å²) < 4.78 is 11.4. The van der Waals surface area contributed by atoms with E-state index in [4.69, 9.17) is 14.5 Å². The van der Waals surface area contributed by atoms with E-state index >= 15 is 0 Å². The number of thioether (sulfide) groups is 1. The van der Waals surface area contributed by atoms with Crippen LogP contribution in [0.15, 0.2) is 59.8 Å². The lowest BCUT2D eigenvalue weighted by molar-refractivity contribution is 0.371. The van der Waals surface area contributed by atoms with E-state index in [2.05, 4.69) is 31.8 Å². The Morgan fingerprint density at radius 3 is 2.38 bits per heavy atom. The minimum atomic E-state index is -0.165. The zero-order valence-electron chi connectivity index (χ0n) is 17.0. The highest BCUT2D eigenvalue weighted by molar-refractivity contribution is 7.98. The van der Waals surface area contributed by atoms with Crippen LogP contribution in [0.3, 0.4) is 0 Å². The number of methoxy groups -OCH3 is 1. The van der Waals surface area contributed by atoms with Crippen LogP contribution in [-0.2, 0) is 11.2 Å². The van der Waals surface area contributed by atoms with E-state index in [1.807, 2.05) is 54.6 Å². The average molecular weight is 406 g/mol. The minimum Gasteiger partial charge on any atom is -0.493 e. The number of hydrogen-bond acceptors (Lipinski definition) is 6. The molecule has 1 aromatic heterocycles. The molecule has 1 heterocycles. The van der Waals surface area contributed by atoms with Crippen molar-refractivity contribution in [2.45, 2.75) is 37.1 Å². The van der Waals surface area contributed by atoms with Gasteiger partial charge in [0.25, 0.3) is 0 Å². The summed E-state index contributed by atoms with van der Waals surface area (Å²) >= 11 is 1.48. The van der Waals surface area contributed by atoms with E-state index in [1.165, 1.54) is 11.8 Å². The van der Waals surface area contributed by atoms with Crippen LogP contribution in [0.25, 0.3) is 0 Å². The molecule has 0 N–H and O–H groups in total. The van der Waals surface area contributed by atoms with Crippen molar-refractivity contribution in [1.29, 1.82) is 5.26 Å². The Bertz CT molecular complexity index is 1040. The van der Waals surface area contributed by atoms with Gasteiger partial charge >= 0.3 is 0 Å². The van der Waals surface area contributed by atoms with Crippen molar-refractivity contribution in [3.05, 3.63) is 71.4 Å². The molecule has 0 saturated carbocycles. The lowest BCUT2D eigenvalue weighted by atomic mass is 9.92. The maximum absolute atomic E-state index is 9.30. The first-order valence-corrected chi connectivity index (χ1v) is 10.2. The van der Waals surface area contributed by atoms with Gasteiger partial charge in [-0.2, -0.15) is 10.2 Å². The van der Waals surface area contributed by atoms with Crippen LogP contribution in [0.2, 0.25) is 0 Å². The Labute approximate surface area is 175 Å². The first-order chi connectivity index (χ1) is 13.9. The molecule has 3 rings (SSSR count). The minimum absolute atomic E-state index is 0.165. The Balaban J connectivity index is 1.91. The van der Waals surface area contributed by atoms with Gasteiger partial charge in [0.2, 0.25) is 5.88 Å². The van der Waals surface area contributed by atoms with Crippen molar-refractivity contribution in [2.75, 3.05) is 7.11 Å². The lowest BCUT2D eigenvalue weighted by Crippen LogP contribution is -2.14. The number of aromatic nitrogens is 2. The van der Waals surface area contributed by atoms with Gasteiger partial charge in [0.15, 0.2) is 16.7 Å². The fourth-order valence-electron chi connectivity index (χ4n) is 2.62. The van der Waals surface area contributed by atoms with E-state index in [0.29, 0.717) is 33.9 Å². The largest absolute Gasteiger partial charge is 0.493 e. The van der Waals surface area contributed by atoms with Crippen LogP contribution < -0.4 is 9.47 Å². The SMILES string of the molecule is COc1ccccc1Oc1cc(C(C)(C)C)nc(SCc2ccccc2C#N)n1. The van der Waals surface area contributed by atoms with E-state index in [1.54, 1.807) is 7.11 Å². The van der Waals surface area contributed by atoms with Crippen LogP contribution >= 0.6 is 11.8 Å². The Morgan fingerprint density at radius 1 is 1.00 bits per heavy atom. The van der Waals surface area contributed by atoms with Crippen molar-refractivity contribution in [2.24, 2.45) is 0 Å². The molecular formula is C23H23N3O2S. The van der Waals surface area contributed by atoms with Crippen LogP contribution in [0.1, 0.15) is 37.6 Å². The number of hydrogen-bond donors (Lipinski definition) is 0. The van der Waals surface area contributed by atoms with Crippen molar-refractivity contribution in [3.63, 3.8) is 0 Å². The molecule has 148 valence electrons. The monoisotopic (exact) mass is 405 g/mol. The number of benzene rings is 2. The van der Waals surface area contributed by atoms with Gasteiger partial charge in [0, 0.05) is 17.2 Å². The predicted octanol–water partition coefficient (Wildman–Crippen LogP) is 5.74. The summed E-state index contributed by atoms with van der Waals surface area (Å²) in [5, 5.41) is 9.91. The highest BCUT2D eigenvalue weighted by Crippen LogP contribution is 2.33. The molecule has 0 atom stereocenters. The van der Waals surface area contributed by atoms with Crippen molar-refractivity contribution in [3.8, 4) is 23.4 Å². The normalized spacial score (nSPS) is 11.0. The van der Waals surface area contributed by atoms with Crippen LogP contribution in [0.4, 0.5) is 0 Å². The third-order valence-corrected chi connectivity index (χ3v) is 5.12. The van der Waals surface area contributed by atoms with Gasteiger partial charge in [-0.05, 0) is 23.8 Å². The first-order valence-electron chi connectivity index (χ1n) is 9.22. The summed E-state index contributed by atoms with van der Waals surface area (Å²) in [6, 6.07) is 19.1. The topological polar surface area (TPSA) is 68.0 Å². The van der Waals surface area contributed by atoms with Crippen molar-refractivity contribution >= 4 is 11.8 Å². The van der Waals surface area contributed by atoms with Crippen LogP contribution in [0.5, 0.6) is 17.4 Å². The smallest absolute Gasteiger partial charge is 0.223 e. The molecule has 29 heavy (non-hydrogen) atoms. The fourth-order valence-corrected chi connectivity index (χ4v) is 3.47. The third kappa shape index (κ3) is 5.27. The van der Waals surface area contributed by atoms with Crippen LogP contribution in [-0.4, -0.2) is 17.1 Å². The fraction of sp³-hybridized carbons (Fsp3) is 0.261. The number of ether oxygens (including phenoxy) is 2. The summed E-state index contributed by atoms with van der Waals surface area (Å²) in [5.74, 6) is 2.30. The summed E-state index contributed by atoms with van der Waals surface area (Å²) in [4.78, 5) is 9.30. The zero-order valence-corrected chi connectivity index (χ0v) is 17.8. The molecule has 0 bridgehead atoms. The van der Waals surface area contributed by atoms with Gasteiger partial charge in [-0.15, -0.1) is 0 Å². The highest BCUT2D eigenvalue weighted by Gasteiger charge is 2.20. The molecule has 3 aromatic rings. The lowest BCUT2D eigenvalue weighted by Gasteiger charge is -2.19. The van der Waals surface area contributed by atoms with E-state index in [9.17, 15) is 5.26 Å². The molecule has 0 fully saturated rings. The van der Waals surface area contributed by atoms with Gasteiger partial charge in [0.05, 0.1) is 24.4 Å². The molecule has 0 spiro atoms. The molecule has 2 aromatic carbocycles. The van der Waals surface area contributed by atoms with Gasteiger partial charge in [-0.25, -0.2) is 4.98 Å². The van der Waals surface area contributed by atoms with E-state index in [0.717, 1.165) is 11.3 Å². The number of rotatable bonds is 6. The van der Waals surface area contributed by atoms with Gasteiger partial charge in [-0.3, -0.25) is 0 Å². The predicted molar refractivity (Wildman–Crippen MR) is 115 cm³/mol. The number of nitrogens with zero attached hydrogens (tertiary/aromatic N) is 3. The number of para-hydroxylation sites is 2. The molecule has 0 aliphatic heterocycles. The second-order valence-corrected chi connectivity index (χ2v) is 8.38. The Kier molecular flexibility index (Phi) is 6.40. The quantitative estimate of drug-likeness (QED) is 0.385. The summed E-state index contributed by atoms with van der Waals surface area (Å²) in [6.45, 7) is 6.30. The maximum Gasteiger partial charge on any atom is 0.223 e. The van der Waals surface area contributed by atoms with Crippen molar-refractivity contribution in [1.82, 2.24) is 9.97 Å². The second kappa shape index (κ2) is 8.97. The molecule has 0 aliphatic carbocycles. The van der Waals surface area contributed by atoms with Gasteiger partial charge in [0.1, 0.15) is 0 Å².